The van der Waals surface area contributed by atoms with Crippen molar-refractivity contribution in [2.75, 3.05) is 11.9 Å². The zero-order chi connectivity index (χ0) is 18.6. The molecule has 138 valence electrons. The summed E-state index contributed by atoms with van der Waals surface area (Å²) in [7, 11) is 1.66. The van der Waals surface area contributed by atoms with Crippen LogP contribution in [0.1, 0.15) is 72.1 Å². The van der Waals surface area contributed by atoms with E-state index in [1.165, 1.54) is 28.6 Å². The highest BCUT2D eigenvalue weighted by Crippen LogP contribution is 2.61. The predicted octanol–water partition coefficient (Wildman–Crippen LogP) is 4.87. The first-order chi connectivity index (χ1) is 12.4. The molecule has 1 N–H and O–H groups in total. The molecule has 2 aliphatic carbocycles. The molecule has 2 bridgehead atoms. The van der Waals surface area contributed by atoms with Crippen LogP contribution in [0.3, 0.4) is 0 Å². The van der Waals surface area contributed by atoms with E-state index in [-0.39, 0.29) is 5.56 Å². The van der Waals surface area contributed by atoms with Gasteiger partial charge in [0.15, 0.2) is 0 Å². The average Bonchev–Trinajstić information content (AvgIpc) is 3.33. The first-order valence-electron chi connectivity index (χ1n) is 9.14. The Labute approximate surface area is 151 Å². The van der Waals surface area contributed by atoms with E-state index in [1.54, 1.807) is 7.05 Å². The van der Waals surface area contributed by atoms with Crippen molar-refractivity contribution in [3.05, 3.63) is 46.8 Å². The van der Waals surface area contributed by atoms with Crippen molar-refractivity contribution < 1.29 is 13.6 Å². The van der Waals surface area contributed by atoms with Crippen LogP contribution in [-0.4, -0.2) is 23.2 Å². The summed E-state index contributed by atoms with van der Waals surface area (Å²) < 4.78 is 26.3. The van der Waals surface area contributed by atoms with Gasteiger partial charge in [0, 0.05) is 12.7 Å². The van der Waals surface area contributed by atoms with Crippen molar-refractivity contribution in [3.63, 3.8) is 0 Å². The van der Waals surface area contributed by atoms with E-state index >= 15 is 0 Å². The van der Waals surface area contributed by atoms with Gasteiger partial charge in [-0.3, -0.25) is 9.89 Å². The summed E-state index contributed by atoms with van der Waals surface area (Å²) in [4.78, 5) is 14.4. The molecule has 2 unspecified atom stereocenters. The van der Waals surface area contributed by atoms with Gasteiger partial charge in [-0.1, -0.05) is 26.0 Å². The second-order valence-electron chi connectivity index (χ2n) is 7.75. The number of fused-ring (bicyclic) bond motifs is 5. The van der Waals surface area contributed by atoms with Gasteiger partial charge in [0.05, 0.1) is 11.8 Å². The Morgan fingerprint density at radius 1 is 1.27 bits per heavy atom. The van der Waals surface area contributed by atoms with Crippen LogP contribution in [0.5, 0.6) is 0 Å². The fraction of sp³-hybridized carbons (Fsp3) is 0.500. The summed E-state index contributed by atoms with van der Waals surface area (Å²) in [6, 6.07) is 6.06. The zero-order valence-corrected chi connectivity index (χ0v) is 15.2. The Hall–Kier alpha value is -2.24. The summed E-state index contributed by atoms with van der Waals surface area (Å²) in [6.07, 6.45) is 0.756. The van der Waals surface area contributed by atoms with E-state index in [2.05, 4.69) is 30.1 Å². The number of alkyl halides is 2. The number of nitrogens with one attached hydrogen (secondary N) is 1. The molecule has 0 radical (unpaired) electrons. The van der Waals surface area contributed by atoms with Crippen molar-refractivity contribution in [1.82, 2.24) is 10.2 Å². The number of aromatic amines is 1. The molecule has 1 saturated carbocycles. The third-order valence-electron chi connectivity index (χ3n) is 6.16. The van der Waals surface area contributed by atoms with Crippen LogP contribution in [0.4, 0.5) is 14.5 Å². The van der Waals surface area contributed by atoms with Crippen molar-refractivity contribution in [1.29, 1.82) is 0 Å². The lowest BCUT2D eigenvalue weighted by molar-refractivity contribution is 0.0977. The minimum atomic E-state index is -2.76. The van der Waals surface area contributed by atoms with Crippen LogP contribution < -0.4 is 4.90 Å². The Balaban J connectivity index is 1.73. The molecular formula is C20H23F2N3O. The van der Waals surface area contributed by atoms with Gasteiger partial charge in [0.1, 0.15) is 5.69 Å². The van der Waals surface area contributed by atoms with Crippen LogP contribution in [-0.2, 0) is 0 Å². The molecule has 3 atom stereocenters. The third kappa shape index (κ3) is 2.38. The molecule has 26 heavy (non-hydrogen) atoms. The molecular weight excluding hydrogens is 336 g/mol. The van der Waals surface area contributed by atoms with Gasteiger partial charge in [-0.05, 0) is 53.7 Å². The number of H-pyrrole nitrogens is 1. The fourth-order valence-electron chi connectivity index (χ4n) is 5.17. The largest absolute Gasteiger partial charge is 0.311 e. The number of hydrogen-bond donors (Lipinski definition) is 1. The number of amides is 1. The number of halogens is 2. The van der Waals surface area contributed by atoms with E-state index in [4.69, 9.17) is 0 Å². The maximum Gasteiger partial charge on any atom is 0.280 e. The predicted molar refractivity (Wildman–Crippen MR) is 95.8 cm³/mol. The highest BCUT2D eigenvalue weighted by atomic mass is 19.3. The maximum absolute atomic E-state index is 13.1. The van der Waals surface area contributed by atoms with Crippen LogP contribution >= 0.6 is 0 Å². The summed E-state index contributed by atoms with van der Waals surface area (Å²) in [5.74, 6) is 1.71. The number of hydrogen-bond acceptors (Lipinski definition) is 2. The number of rotatable bonds is 4. The summed E-state index contributed by atoms with van der Waals surface area (Å²) in [5.41, 5.74) is 2.92. The molecule has 1 heterocycles. The van der Waals surface area contributed by atoms with Crippen molar-refractivity contribution in [2.45, 2.75) is 45.0 Å². The summed E-state index contributed by atoms with van der Waals surface area (Å²) in [6.45, 7) is 4.52. The topological polar surface area (TPSA) is 49.0 Å². The molecule has 2 aliphatic rings. The molecule has 0 saturated heterocycles. The number of aromatic nitrogens is 2. The van der Waals surface area contributed by atoms with Gasteiger partial charge in [0.2, 0.25) is 0 Å². The Morgan fingerprint density at radius 3 is 2.69 bits per heavy atom. The van der Waals surface area contributed by atoms with Crippen LogP contribution in [0.15, 0.2) is 24.4 Å². The fourth-order valence-corrected chi connectivity index (χ4v) is 5.17. The monoisotopic (exact) mass is 359 g/mol. The van der Waals surface area contributed by atoms with Crippen LogP contribution in [0.2, 0.25) is 0 Å². The highest BCUT2D eigenvalue weighted by molar-refractivity contribution is 6.07. The molecule has 2 aromatic rings. The minimum absolute atomic E-state index is 0.0660. The number of carbonyl (C=O) groups is 1. The van der Waals surface area contributed by atoms with E-state index < -0.39 is 18.0 Å². The van der Waals surface area contributed by atoms with Gasteiger partial charge < -0.3 is 4.90 Å². The van der Waals surface area contributed by atoms with Gasteiger partial charge in [-0.25, -0.2) is 8.78 Å². The quantitative estimate of drug-likeness (QED) is 0.846. The average molecular weight is 359 g/mol. The maximum atomic E-state index is 13.1. The van der Waals surface area contributed by atoms with E-state index in [1.807, 2.05) is 12.1 Å². The molecule has 1 fully saturated rings. The highest BCUT2D eigenvalue weighted by Gasteiger charge is 2.48. The van der Waals surface area contributed by atoms with Gasteiger partial charge >= 0.3 is 0 Å². The van der Waals surface area contributed by atoms with E-state index in [0.717, 1.165) is 12.1 Å². The second-order valence-corrected chi connectivity index (χ2v) is 7.75. The lowest BCUT2D eigenvalue weighted by Crippen LogP contribution is -2.28. The molecule has 0 aliphatic heterocycles. The van der Waals surface area contributed by atoms with Gasteiger partial charge in [-0.15, -0.1) is 0 Å². The molecule has 1 aromatic heterocycles. The minimum Gasteiger partial charge on any atom is -0.311 e. The van der Waals surface area contributed by atoms with Crippen molar-refractivity contribution >= 4 is 11.6 Å². The zero-order valence-electron chi connectivity index (χ0n) is 15.2. The van der Waals surface area contributed by atoms with Gasteiger partial charge in [-0.2, -0.15) is 5.10 Å². The number of carbonyl (C=O) groups excluding carboxylic acids is 1. The third-order valence-corrected chi connectivity index (χ3v) is 6.16. The SMILES string of the molecule is CC(C)[C@H]1C2CCC1c1c2cccc1N(C)C(=O)c1cn[nH]c1C(F)F. The van der Waals surface area contributed by atoms with E-state index in [0.29, 0.717) is 23.7 Å². The molecule has 6 heteroatoms. The first-order valence-corrected chi connectivity index (χ1v) is 9.14. The summed E-state index contributed by atoms with van der Waals surface area (Å²) >= 11 is 0. The van der Waals surface area contributed by atoms with E-state index in [9.17, 15) is 13.6 Å². The lowest BCUT2D eigenvalue weighted by Gasteiger charge is -2.25. The second kappa shape index (κ2) is 6.18. The molecule has 4 rings (SSSR count). The van der Waals surface area contributed by atoms with Crippen molar-refractivity contribution in [2.24, 2.45) is 11.8 Å². The Bertz CT molecular complexity index is 845. The molecule has 0 spiro atoms. The Kier molecular flexibility index (Phi) is 4.09. The molecule has 1 amide bonds. The van der Waals surface area contributed by atoms with Gasteiger partial charge in [0.25, 0.3) is 12.3 Å². The number of benzene rings is 1. The first kappa shape index (κ1) is 17.2. The Morgan fingerprint density at radius 2 is 2.00 bits per heavy atom. The van der Waals surface area contributed by atoms with Crippen molar-refractivity contribution in [3.8, 4) is 0 Å². The lowest BCUT2D eigenvalue weighted by atomic mass is 9.84. The standard InChI is InChI=1S/C20H23F2N3O/c1-10(2)16-12-7-8-13(16)17-11(12)5-4-6-15(17)25(3)20(26)14-9-23-24-18(14)19(21)22/h4-6,9-10,12-13,16,19H,7-8H2,1-3H3,(H,23,24)/t12?,13?,16-/m0/s1. The summed E-state index contributed by atoms with van der Waals surface area (Å²) in [5, 5.41) is 5.88. The number of anilines is 1. The normalized spacial score (nSPS) is 23.7. The molecule has 4 nitrogen and oxygen atoms in total. The molecule has 1 aromatic carbocycles. The van der Waals surface area contributed by atoms with Crippen LogP contribution in [0, 0.1) is 11.8 Å². The smallest absolute Gasteiger partial charge is 0.280 e. The number of nitrogens with zero attached hydrogens (tertiary/aromatic N) is 2. The van der Waals surface area contributed by atoms with Crippen LogP contribution in [0.25, 0.3) is 0 Å².